The van der Waals surface area contributed by atoms with Crippen molar-refractivity contribution in [1.82, 2.24) is 4.98 Å². The van der Waals surface area contributed by atoms with Gasteiger partial charge in [0.15, 0.2) is 6.26 Å². The quantitative estimate of drug-likeness (QED) is 0.584. The van der Waals surface area contributed by atoms with Crippen LogP contribution in [0.25, 0.3) is 0 Å². The summed E-state index contributed by atoms with van der Waals surface area (Å²) in [4.78, 5) is 3.91. The minimum Gasteiger partial charge on any atom is -0.492 e. The number of hydrogen-bond donors (Lipinski definition) is 2. The van der Waals surface area contributed by atoms with Crippen molar-refractivity contribution in [3.05, 3.63) is 30.5 Å². The molecule has 0 bridgehead atoms. The molecule has 0 unspecified atom stereocenters. The first-order valence-corrected chi connectivity index (χ1v) is 3.14. The van der Waals surface area contributed by atoms with Crippen molar-refractivity contribution in [2.45, 2.75) is 0 Å². The van der Waals surface area contributed by atoms with Gasteiger partial charge in [0.1, 0.15) is 5.69 Å². The highest BCUT2D eigenvalue weighted by Gasteiger charge is 2.09. The van der Waals surface area contributed by atoms with Crippen LogP contribution in [0.2, 0.25) is 0 Å². The van der Waals surface area contributed by atoms with Crippen LogP contribution in [0.3, 0.4) is 0 Å². The number of rotatable bonds is 0. The molecule has 2 rings (SSSR count). The van der Waals surface area contributed by atoms with Crippen LogP contribution >= 0.6 is 0 Å². The number of nitrogens with one attached hydrogen (secondary N) is 1. The van der Waals surface area contributed by atoms with Crippen LogP contribution in [0.4, 0.5) is 5.69 Å². The lowest BCUT2D eigenvalue weighted by Crippen LogP contribution is -2.07. The van der Waals surface area contributed by atoms with E-state index in [0.717, 1.165) is 0 Å². The Labute approximate surface area is 63.1 Å². The zero-order chi connectivity index (χ0) is 7.68. The summed E-state index contributed by atoms with van der Waals surface area (Å²) in [6.07, 6.45) is 2.83. The minimum absolute atomic E-state index is 0.00880. The highest BCUT2D eigenvalue weighted by atomic mass is 16.5. The van der Waals surface area contributed by atoms with Crippen molar-refractivity contribution in [2.24, 2.45) is 0 Å². The van der Waals surface area contributed by atoms with Crippen molar-refractivity contribution in [2.75, 3.05) is 5.32 Å². The van der Waals surface area contributed by atoms with E-state index in [2.05, 4.69) is 10.3 Å². The predicted molar refractivity (Wildman–Crippen MR) is 39.2 cm³/mol. The molecule has 0 aromatic carbocycles. The molecule has 0 saturated heterocycles. The van der Waals surface area contributed by atoms with E-state index < -0.39 is 0 Å². The van der Waals surface area contributed by atoms with E-state index in [0.29, 0.717) is 11.6 Å². The number of ether oxygens (including phenoxy) is 1. The highest BCUT2D eigenvalue weighted by molar-refractivity contribution is 5.56. The SMILES string of the molecule is OC1=COc2ncccc2N1. The number of fused-ring (bicyclic) bond motifs is 1. The first kappa shape index (κ1) is 6.03. The van der Waals surface area contributed by atoms with E-state index >= 15 is 0 Å². The minimum atomic E-state index is -0.00880. The third-order valence-electron chi connectivity index (χ3n) is 1.32. The van der Waals surface area contributed by atoms with Crippen LogP contribution in [0.15, 0.2) is 30.5 Å². The molecule has 2 heterocycles. The summed E-state index contributed by atoms with van der Waals surface area (Å²) in [6.45, 7) is 0. The molecule has 0 fully saturated rings. The van der Waals surface area contributed by atoms with Gasteiger partial charge in [-0.05, 0) is 12.1 Å². The summed E-state index contributed by atoms with van der Waals surface area (Å²) in [5, 5.41) is 11.6. The van der Waals surface area contributed by atoms with Gasteiger partial charge in [-0.1, -0.05) is 0 Å². The van der Waals surface area contributed by atoms with Crippen molar-refractivity contribution in [1.29, 1.82) is 0 Å². The summed E-state index contributed by atoms with van der Waals surface area (Å²) < 4.78 is 4.95. The third-order valence-corrected chi connectivity index (χ3v) is 1.32. The number of pyridine rings is 1. The van der Waals surface area contributed by atoms with Crippen molar-refractivity contribution in [3.8, 4) is 5.88 Å². The van der Waals surface area contributed by atoms with Gasteiger partial charge in [-0.2, -0.15) is 0 Å². The Morgan fingerprint density at radius 2 is 2.45 bits per heavy atom. The van der Waals surface area contributed by atoms with Crippen molar-refractivity contribution < 1.29 is 9.84 Å². The number of aliphatic hydroxyl groups excluding tert-OH is 1. The molecule has 0 aliphatic carbocycles. The molecule has 4 heteroatoms. The Hall–Kier alpha value is -1.71. The van der Waals surface area contributed by atoms with Gasteiger partial charge in [-0.25, -0.2) is 4.98 Å². The lowest BCUT2D eigenvalue weighted by Gasteiger charge is -2.13. The Morgan fingerprint density at radius 3 is 3.36 bits per heavy atom. The number of aliphatic hydroxyl groups is 1. The summed E-state index contributed by atoms with van der Waals surface area (Å²) in [5.74, 6) is 0.468. The van der Waals surface area contributed by atoms with E-state index in [1.807, 2.05) is 0 Å². The summed E-state index contributed by atoms with van der Waals surface area (Å²) in [5.41, 5.74) is 0.674. The fraction of sp³-hybridized carbons (Fsp3) is 0. The topological polar surface area (TPSA) is 54.4 Å². The van der Waals surface area contributed by atoms with E-state index in [4.69, 9.17) is 9.84 Å². The van der Waals surface area contributed by atoms with E-state index in [1.54, 1.807) is 18.3 Å². The van der Waals surface area contributed by atoms with Gasteiger partial charge in [0.05, 0.1) is 0 Å². The van der Waals surface area contributed by atoms with Crippen LogP contribution in [0.5, 0.6) is 5.88 Å². The molecule has 11 heavy (non-hydrogen) atoms. The maximum Gasteiger partial charge on any atom is 0.242 e. The standard InChI is InChI=1S/C7H6N2O2/c10-6-4-11-7-5(9-6)2-1-3-8-7/h1-4,9-10H. The average molecular weight is 150 g/mol. The second-order valence-electron chi connectivity index (χ2n) is 2.10. The van der Waals surface area contributed by atoms with E-state index in [9.17, 15) is 0 Å². The number of anilines is 1. The molecule has 4 nitrogen and oxygen atoms in total. The average Bonchev–Trinajstić information content (AvgIpc) is 2.04. The fourth-order valence-corrected chi connectivity index (χ4v) is 0.859. The van der Waals surface area contributed by atoms with E-state index in [-0.39, 0.29) is 5.88 Å². The fourth-order valence-electron chi connectivity index (χ4n) is 0.859. The maximum absolute atomic E-state index is 8.95. The second kappa shape index (κ2) is 2.16. The molecule has 0 atom stereocenters. The molecule has 1 aromatic heterocycles. The van der Waals surface area contributed by atoms with Crippen LogP contribution in [-0.2, 0) is 0 Å². The Balaban J connectivity index is 2.42. The van der Waals surface area contributed by atoms with Crippen LogP contribution in [-0.4, -0.2) is 10.1 Å². The molecule has 0 amide bonds. The lowest BCUT2D eigenvalue weighted by molar-refractivity contribution is 0.358. The number of nitrogens with zero attached hydrogens (tertiary/aromatic N) is 1. The number of aromatic nitrogens is 1. The highest BCUT2D eigenvalue weighted by Crippen LogP contribution is 2.24. The first-order valence-electron chi connectivity index (χ1n) is 3.14. The van der Waals surface area contributed by atoms with Gasteiger partial charge in [-0.3, -0.25) is 0 Å². The third kappa shape index (κ3) is 0.980. The Morgan fingerprint density at radius 1 is 1.55 bits per heavy atom. The largest absolute Gasteiger partial charge is 0.492 e. The van der Waals surface area contributed by atoms with Gasteiger partial charge in [0.2, 0.25) is 11.8 Å². The Kier molecular flexibility index (Phi) is 1.18. The molecule has 1 aliphatic rings. The van der Waals surface area contributed by atoms with Gasteiger partial charge in [0.25, 0.3) is 0 Å². The molecule has 1 aromatic rings. The molecule has 0 radical (unpaired) electrons. The summed E-state index contributed by atoms with van der Waals surface area (Å²) >= 11 is 0. The van der Waals surface area contributed by atoms with E-state index in [1.165, 1.54) is 6.26 Å². The van der Waals surface area contributed by atoms with Crippen molar-refractivity contribution >= 4 is 5.69 Å². The van der Waals surface area contributed by atoms with Gasteiger partial charge in [-0.15, -0.1) is 0 Å². The van der Waals surface area contributed by atoms with Crippen LogP contribution in [0.1, 0.15) is 0 Å². The first-order chi connectivity index (χ1) is 5.36. The van der Waals surface area contributed by atoms with Crippen LogP contribution in [0, 0.1) is 0 Å². The molecule has 1 aliphatic heterocycles. The predicted octanol–water partition coefficient (Wildman–Crippen LogP) is 1.24. The van der Waals surface area contributed by atoms with Gasteiger partial charge < -0.3 is 15.2 Å². The van der Waals surface area contributed by atoms with Crippen molar-refractivity contribution in [3.63, 3.8) is 0 Å². The summed E-state index contributed by atoms with van der Waals surface area (Å²) in [6, 6.07) is 3.53. The van der Waals surface area contributed by atoms with Gasteiger partial charge >= 0.3 is 0 Å². The maximum atomic E-state index is 8.95. The second-order valence-corrected chi connectivity index (χ2v) is 2.10. The molecule has 0 spiro atoms. The molecule has 0 saturated carbocycles. The number of hydrogen-bond acceptors (Lipinski definition) is 4. The summed E-state index contributed by atoms with van der Waals surface area (Å²) in [7, 11) is 0. The Bertz CT molecular complexity index is 309. The zero-order valence-corrected chi connectivity index (χ0v) is 5.61. The molecule has 56 valence electrons. The lowest BCUT2D eigenvalue weighted by atomic mass is 10.4. The zero-order valence-electron chi connectivity index (χ0n) is 5.61. The molecular formula is C7H6N2O2. The molecule has 2 N–H and O–H groups in total. The normalized spacial score (nSPS) is 14.0. The van der Waals surface area contributed by atoms with Crippen LogP contribution < -0.4 is 10.1 Å². The molecular weight excluding hydrogens is 144 g/mol. The van der Waals surface area contributed by atoms with Gasteiger partial charge in [0, 0.05) is 6.20 Å². The monoisotopic (exact) mass is 150 g/mol. The smallest absolute Gasteiger partial charge is 0.242 e.